The molecule has 2 rings (SSSR count). The Morgan fingerprint density at radius 3 is 2.63 bits per heavy atom. The van der Waals surface area contributed by atoms with Crippen LogP contribution in [-0.4, -0.2) is 16.1 Å². The third-order valence-corrected chi connectivity index (χ3v) is 2.75. The predicted octanol–water partition coefficient (Wildman–Crippen LogP) is 2.63. The number of rotatable bonds is 4. The van der Waals surface area contributed by atoms with Crippen LogP contribution in [0.4, 0.5) is 11.5 Å². The molecule has 6 heteroatoms. The Hall–Kier alpha value is -2.27. The molecule has 1 aromatic carbocycles. The van der Waals surface area contributed by atoms with E-state index in [1.807, 2.05) is 0 Å². The molecule has 0 bridgehead atoms. The van der Waals surface area contributed by atoms with E-state index < -0.39 is 5.97 Å². The maximum atomic E-state index is 10.7. The summed E-state index contributed by atoms with van der Waals surface area (Å²) in [5, 5.41) is 12.3. The van der Waals surface area contributed by atoms with E-state index in [-0.39, 0.29) is 5.56 Å². The number of carbonyl (C=O) groups is 1. The highest BCUT2D eigenvalue weighted by Crippen LogP contribution is 2.20. The van der Waals surface area contributed by atoms with E-state index in [1.54, 1.807) is 30.3 Å². The smallest absolute Gasteiger partial charge is 0.335 e. The van der Waals surface area contributed by atoms with Crippen LogP contribution in [0.3, 0.4) is 0 Å². The van der Waals surface area contributed by atoms with E-state index in [2.05, 4.69) is 10.3 Å². The van der Waals surface area contributed by atoms with Crippen LogP contribution in [0.1, 0.15) is 15.9 Å². The molecule has 2 aromatic rings. The second-order valence-electron chi connectivity index (χ2n) is 3.95. The van der Waals surface area contributed by atoms with Crippen molar-refractivity contribution in [1.29, 1.82) is 0 Å². The van der Waals surface area contributed by atoms with Gasteiger partial charge in [-0.25, -0.2) is 9.78 Å². The first-order valence-corrected chi connectivity index (χ1v) is 5.91. The van der Waals surface area contributed by atoms with Gasteiger partial charge >= 0.3 is 5.97 Å². The normalized spacial score (nSPS) is 10.2. The first kappa shape index (κ1) is 13.2. The fourth-order valence-corrected chi connectivity index (χ4v) is 1.72. The maximum Gasteiger partial charge on any atom is 0.335 e. The predicted molar refractivity (Wildman–Crippen MR) is 74.4 cm³/mol. The van der Waals surface area contributed by atoms with Gasteiger partial charge in [-0.3, -0.25) is 0 Å². The van der Waals surface area contributed by atoms with E-state index in [1.165, 1.54) is 6.20 Å². The van der Waals surface area contributed by atoms with Crippen molar-refractivity contribution in [2.45, 2.75) is 6.54 Å². The van der Waals surface area contributed by atoms with Gasteiger partial charge in [0.1, 0.15) is 5.82 Å². The van der Waals surface area contributed by atoms with Crippen LogP contribution >= 0.6 is 11.6 Å². The fourth-order valence-electron chi connectivity index (χ4n) is 1.55. The molecule has 0 fully saturated rings. The number of nitrogen functional groups attached to an aromatic ring is 1. The van der Waals surface area contributed by atoms with Crippen LogP contribution in [0.2, 0.25) is 5.02 Å². The van der Waals surface area contributed by atoms with Gasteiger partial charge in [-0.15, -0.1) is 0 Å². The number of halogens is 1. The van der Waals surface area contributed by atoms with Gasteiger partial charge < -0.3 is 16.2 Å². The molecule has 0 aliphatic carbocycles. The molecule has 0 radical (unpaired) electrons. The van der Waals surface area contributed by atoms with E-state index >= 15 is 0 Å². The average Bonchev–Trinajstić information content (AvgIpc) is 2.38. The topological polar surface area (TPSA) is 88.2 Å². The highest BCUT2D eigenvalue weighted by atomic mass is 35.5. The molecule has 0 amide bonds. The standard InChI is InChI=1S/C13H12ClN3O2/c14-10-5-11(15)12(17-7-10)16-6-8-1-3-9(4-2-8)13(18)19/h1-5,7H,6,15H2,(H,16,17)(H,18,19). The lowest BCUT2D eigenvalue weighted by molar-refractivity contribution is 0.0697. The van der Waals surface area contributed by atoms with Crippen LogP contribution in [0, 0.1) is 0 Å². The second kappa shape index (κ2) is 5.58. The summed E-state index contributed by atoms with van der Waals surface area (Å²) in [5.74, 6) is -0.394. The lowest BCUT2D eigenvalue weighted by Crippen LogP contribution is -2.05. The number of aromatic carboxylic acids is 1. The van der Waals surface area contributed by atoms with Crippen molar-refractivity contribution in [3.63, 3.8) is 0 Å². The van der Waals surface area contributed by atoms with Crippen molar-refractivity contribution < 1.29 is 9.90 Å². The van der Waals surface area contributed by atoms with E-state index in [4.69, 9.17) is 22.4 Å². The van der Waals surface area contributed by atoms with Gasteiger partial charge in [0.2, 0.25) is 0 Å². The molecule has 5 nitrogen and oxygen atoms in total. The van der Waals surface area contributed by atoms with Gasteiger partial charge in [0.15, 0.2) is 0 Å². The number of hydrogen-bond donors (Lipinski definition) is 3. The highest BCUT2D eigenvalue weighted by molar-refractivity contribution is 6.30. The monoisotopic (exact) mass is 277 g/mol. The number of carboxylic acids is 1. The summed E-state index contributed by atoms with van der Waals surface area (Å²) in [7, 11) is 0. The van der Waals surface area contributed by atoms with Crippen LogP contribution < -0.4 is 11.1 Å². The lowest BCUT2D eigenvalue weighted by Gasteiger charge is -2.08. The second-order valence-corrected chi connectivity index (χ2v) is 4.38. The summed E-state index contributed by atoms with van der Waals surface area (Å²) in [6.45, 7) is 0.499. The highest BCUT2D eigenvalue weighted by Gasteiger charge is 2.03. The quantitative estimate of drug-likeness (QED) is 0.799. The van der Waals surface area contributed by atoms with Gasteiger partial charge in [0, 0.05) is 12.7 Å². The summed E-state index contributed by atoms with van der Waals surface area (Å²) >= 11 is 5.76. The van der Waals surface area contributed by atoms with Gasteiger partial charge in [-0.1, -0.05) is 23.7 Å². The van der Waals surface area contributed by atoms with Gasteiger partial charge in [0.05, 0.1) is 16.3 Å². The number of aromatic nitrogens is 1. The number of carboxylic acid groups (broad SMARTS) is 1. The van der Waals surface area contributed by atoms with Gasteiger partial charge in [-0.2, -0.15) is 0 Å². The van der Waals surface area contributed by atoms with Crippen molar-refractivity contribution in [2.24, 2.45) is 0 Å². The molecule has 98 valence electrons. The minimum atomic E-state index is -0.942. The Morgan fingerprint density at radius 2 is 2.05 bits per heavy atom. The van der Waals surface area contributed by atoms with Crippen molar-refractivity contribution in [1.82, 2.24) is 4.98 Å². The number of hydrogen-bond acceptors (Lipinski definition) is 4. The van der Waals surface area contributed by atoms with Gasteiger partial charge in [0.25, 0.3) is 0 Å². The molecule has 0 atom stereocenters. The zero-order valence-electron chi connectivity index (χ0n) is 9.93. The van der Waals surface area contributed by atoms with E-state index in [9.17, 15) is 4.79 Å². The minimum absolute atomic E-state index is 0.257. The third-order valence-electron chi connectivity index (χ3n) is 2.54. The molecule has 0 saturated carbocycles. The summed E-state index contributed by atoms with van der Waals surface area (Å²) in [6.07, 6.45) is 1.51. The number of nitrogens with two attached hydrogens (primary N) is 1. The molecule has 0 saturated heterocycles. The number of anilines is 2. The lowest BCUT2D eigenvalue weighted by atomic mass is 10.1. The molecule has 0 aliphatic rings. The van der Waals surface area contributed by atoms with E-state index in [0.717, 1.165) is 5.56 Å². The molecule has 4 N–H and O–H groups in total. The summed E-state index contributed by atoms with van der Waals surface area (Å²) in [4.78, 5) is 14.8. The molecule has 1 heterocycles. The van der Waals surface area contributed by atoms with Crippen molar-refractivity contribution in [2.75, 3.05) is 11.1 Å². The Kier molecular flexibility index (Phi) is 3.87. The SMILES string of the molecule is Nc1cc(Cl)cnc1NCc1ccc(C(=O)O)cc1. The Bertz CT molecular complexity index is 599. The van der Waals surface area contributed by atoms with Crippen LogP contribution in [-0.2, 0) is 6.54 Å². The van der Waals surface area contributed by atoms with Crippen LogP contribution in [0.15, 0.2) is 36.5 Å². The first-order chi connectivity index (χ1) is 9.06. The zero-order chi connectivity index (χ0) is 13.8. The minimum Gasteiger partial charge on any atom is -0.478 e. The molecule has 19 heavy (non-hydrogen) atoms. The number of nitrogens with one attached hydrogen (secondary N) is 1. The number of benzene rings is 1. The molecule has 1 aromatic heterocycles. The Morgan fingerprint density at radius 1 is 1.37 bits per heavy atom. The molecule has 0 aliphatic heterocycles. The molecule has 0 spiro atoms. The van der Waals surface area contributed by atoms with E-state index in [0.29, 0.717) is 23.1 Å². The van der Waals surface area contributed by atoms with Crippen LogP contribution in [0.25, 0.3) is 0 Å². The summed E-state index contributed by atoms with van der Waals surface area (Å²) in [6, 6.07) is 8.20. The van der Waals surface area contributed by atoms with Crippen molar-refractivity contribution in [3.05, 3.63) is 52.7 Å². The summed E-state index contributed by atoms with van der Waals surface area (Å²) in [5.41, 5.74) is 7.42. The number of pyridine rings is 1. The van der Waals surface area contributed by atoms with Gasteiger partial charge in [-0.05, 0) is 23.8 Å². The molecular formula is C13H12ClN3O2. The average molecular weight is 278 g/mol. The fraction of sp³-hybridized carbons (Fsp3) is 0.0769. The third kappa shape index (κ3) is 3.35. The summed E-state index contributed by atoms with van der Waals surface area (Å²) < 4.78 is 0. The maximum absolute atomic E-state index is 10.7. The van der Waals surface area contributed by atoms with Crippen LogP contribution in [0.5, 0.6) is 0 Å². The largest absolute Gasteiger partial charge is 0.478 e. The molecular weight excluding hydrogens is 266 g/mol. The molecule has 0 unspecified atom stereocenters. The van der Waals surface area contributed by atoms with Crippen molar-refractivity contribution in [3.8, 4) is 0 Å². The van der Waals surface area contributed by atoms with Crippen molar-refractivity contribution >= 4 is 29.1 Å². The Balaban J connectivity index is 2.04. The Labute approximate surface area is 115 Å². The number of nitrogens with zero attached hydrogens (tertiary/aromatic N) is 1. The zero-order valence-corrected chi connectivity index (χ0v) is 10.7. The first-order valence-electron chi connectivity index (χ1n) is 5.53.